The van der Waals surface area contributed by atoms with E-state index in [1.807, 2.05) is 27.7 Å². The maximum atomic E-state index is 11.9. The standard InChI is InChI=1S/C16H32N2O4/c1-15(2)11-13(12-16(3,4)18(15)21)17-14(20)22-10-8-6-5-7-9-19/h13,19,21H,5-12H2,1-4H3,(H,17,20). The van der Waals surface area contributed by atoms with Gasteiger partial charge in [0.05, 0.1) is 6.61 Å². The smallest absolute Gasteiger partial charge is 0.407 e. The zero-order valence-electron chi connectivity index (χ0n) is 14.4. The highest BCUT2D eigenvalue weighted by atomic mass is 16.5. The Labute approximate surface area is 133 Å². The second-order valence-corrected chi connectivity index (χ2v) is 7.46. The van der Waals surface area contributed by atoms with Crippen molar-refractivity contribution in [1.82, 2.24) is 10.4 Å². The number of unbranched alkanes of at least 4 members (excludes halogenated alkanes) is 3. The van der Waals surface area contributed by atoms with E-state index in [1.54, 1.807) is 0 Å². The maximum absolute atomic E-state index is 11.9. The van der Waals surface area contributed by atoms with Crippen LogP contribution in [-0.2, 0) is 4.74 Å². The van der Waals surface area contributed by atoms with Crippen molar-refractivity contribution in [3.05, 3.63) is 0 Å². The summed E-state index contributed by atoms with van der Waals surface area (Å²) >= 11 is 0. The summed E-state index contributed by atoms with van der Waals surface area (Å²) in [6.07, 6.45) is 4.51. The number of aliphatic hydroxyl groups excluding tert-OH is 1. The maximum Gasteiger partial charge on any atom is 0.407 e. The van der Waals surface area contributed by atoms with Gasteiger partial charge in [-0.1, -0.05) is 6.42 Å². The Balaban J connectivity index is 2.32. The molecule has 130 valence electrons. The van der Waals surface area contributed by atoms with Crippen LogP contribution in [0.1, 0.15) is 66.2 Å². The number of alkyl carbamates (subject to hydrolysis) is 1. The second-order valence-electron chi connectivity index (χ2n) is 7.46. The first-order valence-electron chi connectivity index (χ1n) is 8.22. The molecule has 1 aliphatic heterocycles. The Kier molecular flexibility index (Phi) is 7.09. The number of hydroxylamine groups is 2. The van der Waals surface area contributed by atoms with E-state index in [0.717, 1.165) is 25.7 Å². The molecule has 0 aromatic heterocycles. The summed E-state index contributed by atoms with van der Waals surface area (Å²) in [4.78, 5) is 11.9. The zero-order valence-corrected chi connectivity index (χ0v) is 14.4. The number of hydrogen-bond acceptors (Lipinski definition) is 5. The van der Waals surface area contributed by atoms with Gasteiger partial charge in [0.1, 0.15) is 0 Å². The lowest BCUT2D eigenvalue weighted by Gasteiger charge is -2.51. The van der Waals surface area contributed by atoms with E-state index in [9.17, 15) is 10.0 Å². The molecule has 0 atom stereocenters. The largest absolute Gasteiger partial charge is 0.450 e. The molecule has 6 heteroatoms. The first kappa shape index (κ1) is 19.2. The first-order chi connectivity index (χ1) is 10.2. The minimum Gasteiger partial charge on any atom is -0.450 e. The number of aliphatic hydroxyl groups is 1. The molecule has 1 amide bonds. The molecule has 0 aromatic rings. The number of amides is 1. The number of nitrogens with one attached hydrogen (secondary N) is 1. The lowest BCUT2D eigenvalue weighted by Crippen LogP contribution is -2.63. The number of rotatable bonds is 7. The Hall–Kier alpha value is -0.850. The van der Waals surface area contributed by atoms with Crippen molar-refractivity contribution in [2.75, 3.05) is 13.2 Å². The van der Waals surface area contributed by atoms with E-state index >= 15 is 0 Å². The summed E-state index contributed by atoms with van der Waals surface area (Å²) in [6.45, 7) is 8.49. The molecule has 0 aromatic carbocycles. The summed E-state index contributed by atoms with van der Waals surface area (Å²) in [7, 11) is 0. The molecular weight excluding hydrogens is 284 g/mol. The molecule has 6 nitrogen and oxygen atoms in total. The average Bonchev–Trinajstić information content (AvgIpc) is 2.39. The van der Waals surface area contributed by atoms with Gasteiger partial charge in [-0.05, 0) is 59.8 Å². The summed E-state index contributed by atoms with van der Waals surface area (Å²) < 4.78 is 5.20. The Morgan fingerprint density at radius 2 is 1.68 bits per heavy atom. The van der Waals surface area contributed by atoms with E-state index in [2.05, 4.69) is 5.32 Å². The summed E-state index contributed by atoms with van der Waals surface area (Å²) in [5, 5.41) is 23.2. The normalized spacial score (nSPS) is 21.5. The van der Waals surface area contributed by atoms with E-state index < -0.39 is 0 Å². The van der Waals surface area contributed by atoms with Gasteiger partial charge < -0.3 is 20.4 Å². The fourth-order valence-corrected chi connectivity index (χ4v) is 3.31. The topological polar surface area (TPSA) is 82.0 Å². The van der Waals surface area contributed by atoms with Gasteiger partial charge in [-0.2, -0.15) is 5.06 Å². The number of nitrogens with zero attached hydrogens (tertiary/aromatic N) is 1. The van der Waals surface area contributed by atoms with E-state index in [1.165, 1.54) is 5.06 Å². The molecule has 1 fully saturated rings. The lowest BCUT2D eigenvalue weighted by atomic mass is 9.79. The van der Waals surface area contributed by atoms with Crippen LogP contribution in [-0.4, -0.2) is 51.8 Å². The number of piperidine rings is 1. The molecule has 3 N–H and O–H groups in total. The lowest BCUT2D eigenvalue weighted by molar-refractivity contribution is -0.245. The third kappa shape index (κ3) is 5.74. The van der Waals surface area contributed by atoms with Gasteiger partial charge in [0.2, 0.25) is 0 Å². The fraction of sp³-hybridized carbons (Fsp3) is 0.938. The van der Waals surface area contributed by atoms with Crippen molar-refractivity contribution >= 4 is 6.09 Å². The predicted octanol–water partition coefficient (Wildman–Crippen LogP) is 2.68. The SMILES string of the molecule is CC1(C)CC(NC(=O)OCCCCCCO)CC(C)(C)N1O. The number of hydrogen-bond donors (Lipinski definition) is 3. The molecule has 0 unspecified atom stereocenters. The van der Waals surface area contributed by atoms with Crippen LogP contribution >= 0.6 is 0 Å². The molecule has 1 aliphatic rings. The number of carbonyl (C=O) groups is 1. The molecule has 22 heavy (non-hydrogen) atoms. The van der Waals surface area contributed by atoms with E-state index in [4.69, 9.17) is 9.84 Å². The Morgan fingerprint density at radius 1 is 1.14 bits per heavy atom. The highest BCUT2D eigenvalue weighted by molar-refractivity contribution is 5.67. The molecule has 1 saturated heterocycles. The predicted molar refractivity (Wildman–Crippen MR) is 84.8 cm³/mol. The molecule has 1 rings (SSSR count). The first-order valence-corrected chi connectivity index (χ1v) is 8.22. The highest BCUT2D eigenvalue weighted by Gasteiger charge is 2.45. The van der Waals surface area contributed by atoms with Crippen LogP contribution in [0.3, 0.4) is 0 Å². The third-order valence-electron chi connectivity index (χ3n) is 4.25. The Bertz CT molecular complexity index is 340. The minimum absolute atomic E-state index is 0.00436. The van der Waals surface area contributed by atoms with Crippen molar-refractivity contribution in [2.45, 2.75) is 83.3 Å². The van der Waals surface area contributed by atoms with Gasteiger partial charge in [-0.15, -0.1) is 0 Å². The summed E-state index contributed by atoms with van der Waals surface area (Å²) in [5.41, 5.74) is -0.770. The van der Waals surface area contributed by atoms with Crippen LogP contribution in [0.15, 0.2) is 0 Å². The number of ether oxygens (including phenoxy) is 1. The van der Waals surface area contributed by atoms with Gasteiger partial charge >= 0.3 is 6.09 Å². The van der Waals surface area contributed by atoms with Crippen LogP contribution < -0.4 is 5.32 Å². The second kappa shape index (κ2) is 8.13. The zero-order chi connectivity index (χ0) is 16.8. The van der Waals surface area contributed by atoms with Gasteiger partial charge in [-0.25, -0.2) is 4.79 Å². The van der Waals surface area contributed by atoms with Crippen molar-refractivity contribution in [1.29, 1.82) is 0 Å². The van der Waals surface area contributed by atoms with Crippen molar-refractivity contribution in [2.24, 2.45) is 0 Å². The van der Waals surface area contributed by atoms with Crippen LogP contribution in [0.4, 0.5) is 4.79 Å². The van der Waals surface area contributed by atoms with Crippen molar-refractivity contribution < 1.29 is 19.8 Å². The van der Waals surface area contributed by atoms with Crippen molar-refractivity contribution in [3.63, 3.8) is 0 Å². The van der Waals surface area contributed by atoms with E-state index in [-0.39, 0.29) is 29.8 Å². The fourth-order valence-electron chi connectivity index (χ4n) is 3.31. The summed E-state index contributed by atoms with van der Waals surface area (Å²) in [6, 6.07) is -0.00436. The molecule has 0 spiro atoms. The molecule has 0 bridgehead atoms. The van der Waals surface area contributed by atoms with Crippen LogP contribution in [0, 0.1) is 0 Å². The van der Waals surface area contributed by atoms with Gasteiger partial charge in [0.15, 0.2) is 0 Å². The highest BCUT2D eigenvalue weighted by Crippen LogP contribution is 2.36. The Morgan fingerprint density at radius 3 is 2.23 bits per heavy atom. The molecule has 0 radical (unpaired) electrons. The quantitative estimate of drug-likeness (QED) is 0.629. The molecule has 0 aliphatic carbocycles. The van der Waals surface area contributed by atoms with Crippen LogP contribution in [0.5, 0.6) is 0 Å². The van der Waals surface area contributed by atoms with E-state index in [0.29, 0.717) is 19.4 Å². The van der Waals surface area contributed by atoms with Gasteiger partial charge in [-0.3, -0.25) is 0 Å². The average molecular weight is 316 g/mol. The third-order valence-corrected chi connectivity index (χ3v) is 4.25. The van der Waals surface area contributed by atoms with Crippen LogP contribution in [0.2, 0.25) is 0 Å². The van der Waals surface area contributed by atoms with Gasteiger partial charge in [0, 0.05) is 23.7 Å². The number of carbonyl (C=O) groups excluding carboxylic acids is 1. The van der Waals surface area contributed by atoms with Crippen LogP contribution in [0.25, 0.3) is 0 Å². The molecule has 1 heterocycles. The van der Waals surface area contributed by atoms with Gasteiger partial charge in [0.25, 0.3) is 0 Å². The molecular formula is C16H32N2O4. The molecule has 0 saturated carbocycles. The monoisotopic (exact) mass is 316 g/mol. The summed E-state index contributed by atoms with van der Waals surface area (Å²) in [5.74, 6) is 0. The van der Waals surface area contributed by atoms with Crippen molar-refractivity contribution in [3.8, 4) is 0 Å². The minimum atomic E-state index is -0.385.